The minimum Gasteiger partial charge on any atom is -0.338 e. The standard InChI is InChI=1S/C15H20BrNO/c1-12-4-6-14(7-5-12)15(18)17-10-2-3-13(11-17)8-9-16/h4-7,13H,2-3,8-11H2,1H3. The van der Waals surface area contributed by atoms with E-state index >= 15 is 0 Å². The van der Waals surface area contributed by atoms with Crippen molar-refractivity contribution in [3.8, 4) is 0 Å². The fourth-order valence-electron chi connectivity index (χ4n) is 2.52. The molecule has 2 nitrogen and oxygen atoms in total. The first-order valence-corrected chi connectivity index (χ1v) is 7.75. The molecule has 2 rings (SSSR count). The quantitative estimate of drug-likeness (QED) is 0.781. The van der Waals surface area contributed by atoms with Crippen molar-refractivity contribution in [3.63, 3.8) is 0 Å². The number of carbonyl (C=O) groups excluding carboxylic acids is 1. The molecule has 1 amide bonds. The number of benzene rings is 1. The van der Waals surface area contributed by atoms with E-state index in [4.69, 9.17) is 0 Å². The predicted octanol–water partition coefficient (Wildman–Crippen LogP) is 3.63. The number of piperidine rings is 1. The summed E-state index contributed by atoms with van der Waals surface area (Å²) >= 11 is 3.49. The van der Waals surface area contributed by atoms with Gasteiger partial charge < -0.3 is 4.90 Å². The van der Waals surface area contributed by atoms with Crippen LogP contribution in [0.25, 0.3) is 0 Å². The van der Waals surface area contributed by atoms with Crippen molar-refractivity contribution in [3.05, 3.63) is 35.4 Å². The minimum absolute atomic E-state index is 0.189. The van der Waals surface area contributed by atoms with E-state index in [9.17, 15) is 4.79 Å². The second-order valence-electron chi connectivity index (χ2n) is 5.10. The van der Waals surface area contributed by atoms with Gasteiger partial charge in [-0.1, -0.05) is 33.6 Å². The molecule has 1 saturated heterocycles. The maximum absolute atomic E-state index is 12.4. The summed E-state index contributed by atoms with van der Waals surface area (Å²) in [5.74, 6) is 0.849. The van der Waals surface area contributed by atoms with Gasteiger partial charge in [0.2, 0.25) is 0 Å². The largest absolute Gasteiger partial charge is 0.338 e. The van der Waals surface area contributed by atoms with Crippen LogP contribution in [0.3, 0.4) is 0 Å². The molecular weight excluding hydrogens is 290 g/mol. The molecule has 0 saturated carbocycles. The van der Waals surface area contributed by atoms with Gasteiger partial charge in [0.25, 0.3) is 5.91 Å². The number of hydrogen-bond acceptors (Lipinski definition) is 1. The van der Waals surface area contributed by atoms with E-state index in [0.717, 1.165) is 36.8 Å². The maximum Gasteiger partial charge on any atom is 0.253 e. The maximum atomic E-state index is 12.4. The molecule has 1 unspecified atom stereocenters. The topological polar surface area (TPSA) is 20.3 Å². The molecule has 1 aliphatic heterocycles. The van der Waals surface area contributed by atoms with E-state index in [1.165, 1.54) is 12.0 Å². The molecule has 18 heavy (non-hydrogen) atoms. The summed E-state index contributed by atoms with van der Waals surface area (Å²) in [6, 6.07) is 7.89. The lowest BCUT2D eigenvalue weighted by Crippen LogP contribution is -2.40. The Morgan fingerprint density at radius 2 is 2.11 bits per heavy atom. The number of hydrogen-bond donors (Lipinski definition) is 0. The lowest BCUT2D eigenvalue weighted by atomic mass is 9.95. The number of likely N-dealkylation sites (tertiary alicyclic amines) is 1. The van der Waals surface area contributed by atoms with Gasteiger partial charge in [0.1, 0.15) is 0 Å². The zero-order chi connectivity index (χ0) is 13.0. The van der Waals surface area contributed by atoms with Crippen LogP contribution >= 0.6 is 15.9 Å². The first-order valence-electron chi connectivity index (χ1n) is 6.62. The van der Waals surface area contributed by atoms with Gasteiger partial charge in [0.15, 0.2) is 0 Å². The van der Waals surface area contributed by atoms with Gasteiger partial charge in [0, 0.05) is 24.0 Å². The molecule has 1 heterocycles. The number of aryl methyl sites for hydroxylation is 1. The molecule has 1 aromatic rings. The van der Waals surface area contributed by atoms with E-state index in [2.05, 4.69) is 15.9 Å². The van der Waals surface area contributed by atoms with Gasteiger partial charge in [-0.05, 0) is 44.2 Å². The summed E-state index contributed by atoms with van der Waals surface area (Å²) in [7, 11) is 0. The fourth-order valence-corrected chi connectivity index (χ4v) is 3.17. The van der Waals surface area contributed by atoms with E-state index in [1.54, 1.807) is 0 Å². The Morgan fingerprint density at radius 1 is 1.39 bits per heavy atom. The zero-order valence-corrected chi connectivity index (χ0v) is 12.4. The van der Waals surface area contributed by atoms with Crippen LogP contribution in [0.1, 0.15) is 35.2 Å². The van der Waals surface area contributed by atoms with Crippen LogP contribution in [0.4, 0.5) is 0 Å². The molecule has 1 aromatic carbocycles. The first-order chi connectivity index (χ1) is 8.70. The fraction of sp³-hybridized carbons (Fsp3) is 0.533. The third-order valence-electron chi connectivity index (χ3n) is 3.62. The van der Waals surface area contributed by atoms with Crippen LogP contribution in [0.2, 0.25) is 0 Å². The van der Waals surface area contributed by atoms with Gasteiger partial charge in [-0.15, -0.1) is 0 Å². The van der Waals surface area contributed by atoms with Gasteiger partial charge in [-0.2, -0.15) is 0 Å². The average molecular weight is 310 g/mol. The van der Waals surface area contributed by atoms with Crippen LogP contribution < -0.4 is 0 Å². The molecule has 1 fully saturated rings. The van der Waals surface area contributed by atoms with Crippen LogP contribution in [0, 0.1) is 12.8 Å². The lowest BCUT2D eigenvalue weighted by molar-refractivity contribution is 0.0672. The molecule has 0 bridgehead atoms. The molecule has 1 aliphatic rings. The van der Waals surface area contributed by atoms with Crippen LogP contribution in [-0.4, -0.2) is 29.2 Å². The number of rotatable bonds is 3. The Bertz CT molecular complexity index is 399. The molecule has 0 radical (unpaired) electrons. The summed E-state index contributed by atoms with van der Waals surface area (Å²) in [6.07, 6.45) is 3.55. The Labute approximate surface area is 117 Å². The van der Waals surface area contributed by atoms with Crippen molar-refractivity contribution >= 4 is 21.8 Å². The van der Waals surface area contributed by atoms with Crippen molar-refractivity contribution in [2.75, 3.05) is 18.4 Å². The van der Waals surface area contributed by atoms with Gasteiger partial charge in [0.05, 0.1) is 0 Å². The zero-order valence-electron chi connectivity index (χ0n) is 10.9. The number of nitrogens with zero attached hydrogens (tertiary/aromatic N) is 1. The molecule has 98 valence electrons. The minimum atomic E-state index is 0.189. The van der Waals surface area contributed by atoms with Crippen molar-refractivity contribution in [1.82, 2.24) is 4.90 Å². The van der Waals surface area contributed by atoms with Crippen LogP contribution in [0.15, 0.2) is 24.3 Å². The molecule has 0 aromatic heterocycles. The summed E-state index contributed by atoms with van der Waals surface area (Å²) in [5.41, 5.74) is 2.02. The summed E-state index contributed by atoms with van der Waals surface area (Å²) < 4.78 is 0. The highest BCUT2D eigenvalue weighted by Gasteiger charge is 2.23. The van der Waals surface area contributed by atoms with E-state index in [0.29, 0.717) is 5.92 Å². The molecular formula is C15H20BrNO. The van der Waals surface area contributed by atoms with Gasteiger partial charge in [-0.3, -0.25) is 4.79 Å². The Balaban J connectivity index is 2.02. The Kier molecular flexibility index (Phi) is 4.81. The van der Waals surface area contributed by atoms with Gasteiger partial charge >= 0.3 is 0 Å². The SMILES string of the molecule is Cc1ccc(C(=O)N2CCCC(CCBr)C2)cc1. The Morgan fingerprint density at radius 3 is 2.78 bits per heavy atom. The normalized spacial score (nSPS) is 19.9. The number of carbonyl (C=O) groups is 1. The average Bonchev–Trinajstić information content (AvgIpc) is 2.39. The highest BCUT2D eigenvalue weighted by Crippen LogP contribution is 2.22. The monoisotopic (exact) mass is 309 g/mol. The molecule has 3 heteroatoms. The molecule has 0 N–H and O–H groups in total. The summed E-state index contributed by atoms with van der Waals surface area (Å²) in [4.78, 5) is 14.4. The second kappa shape index (κ2) is 6.37. The number of alkyl halides is 1. The third-order valence-corrected chi connectivity index (χ3v) is 4.08. The van der Waals surface area contributed by atoms with E-state index < -0.39 is 0 Å². The molecule has 1 atom stereocenters. The smallest absolute Gasteiger partial charge is 0.253 e. The van der Waals surface area contributed by atoms with Crippen molar-refractivity contribution in [2.24, 2.45) is 5.92 Å². The Hall–Kier alpha value is -0.830. The van der Waals surface area contributed by atoms with Gasteiger partial charge in [-0.25, -0.2) is 0 Å². The number of amides is 1. The summed E-state index contributed by atoms with van der Waals surface area (Å²) in [5, 5.41) is 1.03. The highest BCUT2D eigenvalue weighted by molar-refractivity contribution is 9.09. The van der Waals surface area contributed by atoms with E-state index in [-0.39, 0.29) is 5.91 Å². The lowest BCUT2D eigenvalue weighted by Gasteiger charge is -2.32. The predicted molar refractivity (Wildman–Crippen MR) is 78.2 cm³/mol. The highest BCUT2D eigenvalue weighted by atomic mass is 79.9. The summed E-state index contributed by atoms with van der Waals surface area (Å²) in [6.45, 7) is 3.87. The van der Waals surface area contributed by atoms with Crippen LogP contribution in [0.5, 0.6) is 0 Å². The molecule has 0 aliphatic carbocycles. The molecule has 0 spiro atoms. The number of halogens is 1. The second-order valence-corrected chi connectivity index (χ2v) is 5.90. The first kappa shape index (κ1) is 13.6. The van der Waals surface area contributed by atoms with Crippen molar-refractivity contribution in [2.45, 2.75) is 26.2 Å². The van der Waals surface area contributed by atoms with Crippen LogP contribution in [-0.2, 0) is 0 Å². The van der Waals surface area contributed by atoms with E-state index in [1.807, 2.05) is 36.1 Å². The van der Waals surface area contributed by atoms with Crippen molar-refractivity contribution < 1.29 is 4.79 Å². The third kappa shape index (κ3) is 3.35. The van der Waals surface area contributed by atoms with Crippen molar-refractivity contribution in [1.29, 1.82) is 0 Å².